The van der Waals surface area contributed by atoms with Gasteiger partial charge in [0.05, 0.1) is 10.9 Å². The normalized spacial score (nSPS) is 9.89. The topological polar surface area (TPSA) is 75.6 Å². The number of nitrogens with one attached hydrogen (secondary N) is 1. The summed E-state index contributed by atoms with van der Waals surface area (Å²) >= 11 is 3.33. The van der Waals surface area contributed by atoms with Gasteiger partial charge in [-0.2, -0.15) is 0 Å². The zero-order valence-corrected chi connectivity index (χ0v) is 11.5. The Kier molecular flexibility index (Phi) is 5.64. The van der Waals surface area contributed by atoms with Crippen molar-refractivity contribution in [2.45, 2.75) is 13.3 Å². The van der Waals surface area contributed by atoms with Crippen molar-refractivity contribution in [1.29, 1.82) is 0 Å². The van der Waals surface area contributed by atoms with Gasteiger partial charge in [-0.1, -0.05) is 6.07 Å². The number of amides is 1. The van der Waals surface area contributed by atoms with Gasteiger partial charge >= 0.3 is 5.97 Å². The second-order valence-electron chi connectivity index (χ2n) is 3.72. The second kappa shape index (κ2) is 7.00. The van der Waals surface area contributed by atoms with Crippen LogP contribution in [-0.2, 0) is 9.59 Å². The summed E-state index contributed by atoms with van der Waals surface area (Å²) in [7, 11) is 0. The Morgan fingerprint density at radius 1 is 1.44 bits per heavy atom. The summed E-state index contributed by atoms with van der Waals surface area (Å²) in [6.45, 7) is 1.92. The van der Waals surface area contributed by atoms with E-state index in [1.807, 2.05) is 19.1 Å². The van der Waals surface area contributed by atoms with Gasteiger partial charge in [-0.3, -0.25) is 9.59 Å². The van der Waals surface area contributed by atoms with E-state index in [9.17, 15) is 9.59 Å². The van der Waals surface area contributed by atoms with Gasteiger partial charge in [-0.05, 0) is 40.5 Å². The highest BCUT2D eigenvalue weighted by Crippen LogP contribution is 2.25. The van der Waals surface area contributed by atoms with Crippen LogP contribution in [0.1, 0.15) is 12.0 Å². The molecule has 1 rings (SSSR count). The van der Waals surface area contributed by atoms with Crippen molar-refractivity contribution in [3.05, 3.63) is 28.2 Å². The zero-order chi connectivity index (χ0) is 13.5. The second-order valence-corrected chi connectivity index (χ2v) is 4.57. The van der Waals surface area contributed by atoms with Crippen molar-refractivity contribution < 1.29 is 19.4 Å². The molecule has 2 N–H and O–H groups in total. The van der Waals surface area contributed by atoms with Crippen LogP contribution in [0.3, 0.4) is 0 Å². The van der Waals surface area contributed by atoms with Crippen LogP contribution in [0, 0.1) is 6.92 Å². The van der Waals surface area contributed by atoms with E-state index in [2.05, 4.69) is 21.2 Å². The highest BCUT2D eigenvalue weighted by Gasteiger charge is 2.06. The van der Waals surface area contributed by atoms with Crippen molar-refractivity contribution in [1.82, 2.24) is 5.32 Å². The first-order chi connectivity index (χ1) is 8.49. The summed E-state index contributed by atoms with van der Waals surface area (Å²) in [5, 5.41) is 10.9. The zero-order valence-electron chi connectivity index (χ0n) is 9.90. The molecule has 0 unspecified atom stereocenters. The Hall–Kier alpha value is -1.56. The SMILES string of the molecule is Cc1ccc(OCC(=O)NCCC(=O)O)c(Br)c1. The van der Waals surface area contributed by atoms with Gasteiger partial charge < -0.3 is 15.2 Å². The molecule has 0 fully saturated rings. The molecule has 98 valence electrons. The molecule has 0 aliphatic heterocycles. The van der Waals surface area contributed by atoms with Crippen LogP contribution in [0.25, 0.3) is 0 Å². The number of halogens is 1. The lowest BCUT2D eigenvalue weighted by Crippen LogP contribution is -2.30. The van der Waals surface area contributed by atoms with Gasteiger partial charge in [-0.25, -0.2) is 0 Å². The molecule has 1 aromatic rings. The smallest absolute Gasteiger partial charge is 0.305 e. The van der Waals surface area contributed by atoms with E-state index < -0.39 is 5.97 Å². The van der Waals surface area contributed by atoms with E-state index in [1.54, 1.807) is 6.07 Å². The van der Waals surface area contributed by atoms with Gasteiger partial charge in [-0.15, -0.1) is 0 Å². The van der Waals surface area contributed by atoms with E-state index in [1.165, 1.54) is 0 Å². The number of carbonyl (C=O) groups excluding carboxylic acids is 1. The molecule has 0 aliphatic carbocycles. The van der Waals surface area contributed by atoms with Crippen LogP contribution in [-0.4, -0.2) is 30.1 Å². The van der Waals surface area contributed by atoms with Crippen LogP contribution < -0.4 is 10.1 Å². The summed E-state index contributed by atoms with van der Waals surface area (Å²) in [6, 6.07) is 5.53. The predicted octanol–water partition coefficient (Wildman–Crippen LogP) is 1.73. The maximum Gasteiger partial charge on any atom is 0.305 e. The highest BCUT2D eigenvalue weighted by molar-refractivity contribution is 9.10. The molecule has 6 heteroatoms. The molecule has 18 heavy (non-hydrogen) atoms. The Morgan fingerprint density at radius 3 is 2.78 bits per heavy atom. The lowest BCUT2D eigenvalue weighted by molar-refractivity contribution is -0.137. The number of rotatable bonds is 6. The fraction of sp³-hybridized carbons (Fsp3) is 0.333. The number of benzene rings is 1. The maximum absolute atomic E-state index is 11.3. The predicted molar refractivity (Wildman–Crippen MR) is 69.6 cm³/mol. The third kappa shape index (κ3) is 5.18. The first-order valence-electron chi connectivity index (χ1n) is 5.36. The van der Waals surface area contributed by atoms with Crippen LogP contribution in [0.5, 0.6) is 5.75 Å². The minimum atomic E-state index is -0.947. The third-order valence-corrected chi connectivity index (χ3v) is 2.73. The van der Waals surface area contributed by atoms with Gasteiger partial charge in [0.1, 0.15) is 5.75 Å². The van der Waals surface area contributed by atoms with Crippen molar-refractivity contribution in [3.8, 4) is 5.75 Å². The molecule has 0 bridgehead atoms. The average Bonchev–Trinajstić information content (AvgIpc) is 2.27. The molecule has 1 aromatic carbocycles. The number of carbonyl (C=O) groups is 2. The Bertz CT molecular complexity index is 448. The number of carboxylic acid groups (broad SMARTS) is 1. The molecule has 0 atom stereocenters. The molecule has 5 nitrogen and oxygen atoms in total. The van der Waals surface area contributed by atoms with E-state index in [-0.39, 0.29) is 25.5 Å². The van der Waals surface area contributed by atoms with Crippen LogP contribution >= 0.6 is 15.9 Å². The molecular weight excluding hydrogens is 302 g/mol. The van der Waals surface area contributed by atoms with Gasteiger partial charge in [0.25, 0.3) is 5.91 Å². The molecule has 0 saturated heterocycles. The van der Waals surface area contributed by atoms with Crippen LogP contribution in [0.4, 0.5) is 0 Å². The van der Waals surface area contributed by atoms with Gasteiger partial charge in [0, 0.05) is 6.54 Å². The number of carboxylic acids is 1. The molecule has 0 aromatic heterocycles. The largest absolute Gasteiger partial charge is 0.483 e. The Labute approximate surface area is 113 Å². The molecule has 0 aliphatic rings. The monoisotopic (exact) mass is 315 g/mol. The van der Waals surface area contributed by atoms with Crippen molar-refractivity contribution >= 4 is 27.8 Å². The minimum Gasteiger partial charge on any atom is -0.483 e. The number of hydrogen-bond donors (Lipinski definition) is 2. The fourth-order valence-corrected chi connectivity index (χ4v) is 1.83. The average molecular weight is 316 g/mol. The maximum atomic E-state index is 11.3. The van der Waals surface area contributed by atoms with E-state index in [4.69, 9.17) is 9.84 Å². The summed E-state index contributed by atoms with van der Waals surface area (Å²) in [4.78, 5) is 21.6. The highest BCUT2D eigenvalue weighted by atomic mass is 79.9. The van der Waals surface area contributed by atoms with Crippen LogP contribution in [0.2, 0.25) is 0 Å². The molecule has 1 amide bonds. The summed E-state index contributed by atoms with van der Waals surface area (Å²) in [5.74, 6) is -0.713. The van der Waals surface area contributed by atoms with Crippen molar-refractivity contribution in [2.75, 3.05) is 13.2 Å². The molecule has 0 heterocycles. The first kappa shape index (κ1) is 14.5. The van der Waals surface area contributed by atoms with E-state index >= 15 is 0 Å². The van der Waals surface area contributed by atoms with E-state index in [0.717, 1.165) is 10.0 Å². The van der Waals surface area contributed by atoms with Gasteiger partial charge in [0.15, 0.2) is 6.61 Å². The minimum absolute atomic E-state index is 0.0973. The molecule has 0 spiro atoms. The lowest BCUT2D eigenvalue weighted by atomic mass is 10.2. The summed E-state index contributed by atoms with van der Waals surface area (Å²) < 4.78 is 6.08. The number of aliphatic carboxylic acids is 1. The summed E-state index contributed by atoms with van der Waals surface area (Å²) in [6.07, 6.45) is -0.0973. The molecule has 0 radical (unpaired) electrons. The molecule has 0 saturated carbocycles. The fourth-order valence-electron chi connectivity index (χ4n) is 1.23. The van der Waals surface area contributed by atoms with Crippen molar-refractivity contribution in [2.24, 2.45) is 0 Å². The van der Waals surface area contributed by atoms with E-state index in [0.29, 0.717) is 5.75 Å². The Morgan fingerprint density at radius 2 is 2.17 bits per heavy atom. The number of ether oxygens (including phenoxy) is 1. The molecular formula is C12H14BrNO4. The Balaban J connectivity index is 2.36. The standard InChI is InChI=1S/C12H14BrNO4/c1-8-2-3-10(9(13)6-8)18-7-11(15)14-5-4-12(16)17/h2-3,6H,4-5,7H2,1H3,(H,14,15)(H,16,17). The first-order valence-corrected chi connectivity index (χ1v) is 6.16. The van der Waals surface area contributed by atoms with Crippen molar-refractivity contribution in [3.63, 3.8) is 0 Å². The number of hydrogen-bond acceptors (Lipinski definition) is 3. The van der Waals surface area contributed by atoms with Crippen LogP contribution in [0.15, 0.2) is 22.7 Å². The third-order valence-electron chi connectivity index (χ3n) is 2.11. The number of aryl methyl sites for hydroxylation is 1. The quantitative estimate of drug-likeness (QED) is 0.838. The van der Waals surface area contributed by atoms with Gasteiger partial charge in [0.2, 0.25) is 0 Å². The summed E-state index contributed by atoms with van der Waals surface area (Å²) in [5.41, 5.74) is 1.08. The lowest BCUT2D eigenvalue weighted by Gasteiger charge is -2.08.